The third-order valence-corrected chi connectivity index (χ3v) is 6.38. The van der Waals surface area contributed by atoms with E-state index in [4.69, 9.17) is 19.5 Å². The molecular weight excluding hydrogens is 550 g/mol. The van der Waals surface area contributed by atoms with Crippen molar-refractivity contribution in [3.05, 3.63) is 35.8 Å². The molecule has 2 aromatic heterocycles. The molecule has 43 heavy (non-hydrogen) atoms. The third-order valence-electron chi connectivity index (χ3n) is 6.38. The van der Waals surface area contributed by atoms with Crippen LogP contribution in [-0.4, -0.2) is 72.5 Å². The highest BCUT2D eigenvalue weighted by molar-refractivity contribution is 5.81. The van der Waals surface area contributed by atoms with Gasteiger partial charge in [-0.15, -0.1) is 0 Å². The number of nitrogens with zero attached hydrogens (tertiary/aromatic N) is 3. The van der Waals surface area contributed by atoms with Crippen molar-refractivity contribution in [3.63, 3.8) is 0 Å². The van der Waals surface area contributed by atoms with Crippen LogP contribution in [0.1, 0.15) is 59.9 Å². The van der Waals surface area contributed by atoms with Crippen LogP contribution in [0.25, 0.3) is 22.6 Å². The number of rotatable bonds is 9. The number of nitrogens with one attached hydrogen (secondary N) is 4. The van der Waals surface area contributed by atoms with Crippen LogP contribution in [0.15, 0.2) is 24.4 Å². The lowest BCUT2D eigenvalue weighted by Crippen LogP contribution is -2.37. The molecule has 0 fully saturated rings. The number of Topliss-reactive ketones (excluding diaryl/α,β-unsaturated/α-hetero) is 1. The minimum absolute atomic E-state index is 0.176. The van der Waals surface area contributed by atoms with Gasteiger partial charge in [0, 0.05) is 54.0 Å². The third kappa shape index (κ3) is 10.7. The lowest BCUT2D eigenvalue weighted by Gasteiger charge is -2.14. The number of amides is 1. The predicted octanol–water partition coefficient (Wildman–Crippen LogP) is 5.39. The molecule has 2 heterocycles. The van der Waals surface area contributed by atoms with Crippen molar-refractivity contribution in [1.29, 1.82) is 0 Å². The largest absolute Gasteiger partial charge is 0.496 e. The van der Waals surface area contributed by atoms with Gasteiger partial charge in [-0.05, 0) is 39.0 Å². The van der Waals surface area contributed by atoms with E-state index >= 15 is 0 Å². The summed E-state index contributed by atoms with van der Waals surface area (Å²) >= 11 is 0. The molecule has 0 bridgehead atoms. The van der Waals surface area contributed by atoms with Gasteiger partial charge in [0.2, 0.25) is 5.95 Å². The zero-order valence-corrected chi connectivity index (χ0v) is 27.3. The molecule has 0 spiro atoms. The second-order valence-electron chi connectivity index (χ2n) is 11.1. The number of aromatic nitrogens is 4. The number of hydrogen-bond donors (Lipinski definition) is 4. The predicted molar refractivity (Wildman–Crippen MR) is 171 cm³/mol. The average Bonchev–Trinajstić information content (AvgIpc) is 3.44. The zero-order valence-electron chi connectivity index (χ0n) is 27.3. The van der Waals surface area contributed by atoms with E-state index in [-0.39, 0.29) is 23.2 Å². The van der Waals surface area contributed by atoms with Gasteiger partial charge in [0.25, 0.3) is 0 Å². The number of carbonyl (C=O) groups excluding carboxylic acids is 3. The van der Waals surface area contributed by atoms with E-state index < -0.39 is 6.09 Å². The smallest absolute Gasteiger partial charge is 0.407 e. The summed E-state index contributed by atoms with van der Waals surface area (Å²) in [4.78, 5) is 47.1. The highest BCUT2D eigenvalue weighted by atomic mass is 16.5. The van der Waals surface area contributed by atoms with Gasteiger partial charge in [-0.3, -0.25) is 4.79 Å². The number of methoxy groups -OCH3 is 2. The van der Waals surface area contributed by atoms with Crippen molar-refractivity contribution < 1.29 is 23.9 Å². The first-order valence-electron chi connectivity index (χ1n) is 13.9. The van der Waals surface area contributed by atoms with E-state index in [0.29, 0.717) is 18.2 Å². The van der Waals surface area contributed by atoms with Crippen LogP contribution in [0, 0.1) is 12.8 Å². The fourth-order valence-electron chi connectivity index (χ4n) is 3.56. The Bertz CT molecular complexity index is 1320. The number of imidazole rings is 1. The Labute approximate surface area is 254 Å². The number of ketones is 1. The molecule has 1 amide bonds. The molecule has 1 atom stereocenters. The quantitative estimate of drug-likeness (QED) is 0.252. The Morgan fingerprint density at radius 1 is 1.09 bits per heavy atom. The molecule has 0 aliphatic carbocycles. The van der Waals surface area contributed by atoms with Gasteiger partial charge >= 0.3 is 6.09 Å². The van der Waals surface area contributed by atoms with Crippen LogP contribution in [-0.2, 0) is 19.7 Å². The SMILES string of the molecule is C=O.CC(=O)C(C)C.CNc1cc(-c2nc(C(C)(C)C)[nH]c2-c2ccnc(NCC(C)NC(=O)OC)n2)cc(OC)c1C. The minimum atomic E-state index is -0.486. The molecule has 4 N–H and O–H groups in total. The van der Waals surface area contributed by atoms with Crippen molar-refractivity contribution in [2.24, 2.45) is 5.92 Å². The normalized spacial score (nSPS) is 11.3. The number of H-pyrrole nitrogens is 1. The Morgan fingerprint density at radius 2 is 1.72 bits per heavy atom. The van der Waals surface area contributed by atoms with Crippen LogP contribution >= 0.6 is 0 Å². The van der Waals surface area contributed by atoms with Crippen molar-refractivity contribution in [3.8, 4) is 28.4 Å². The van der Waals surface area contributed by atoms with E-state index in [0.717, 1.165) is 39.8 Å². The highest BCUT2D eigenvalue weighted by Gasteiger charge is 2.24. The summed E-state index contributed by atoms with van der Waals surface area (Å²) in [6.07, 6.45) is 1.21. The molecule has 3 rings (SSSR count). The lowest BCUT2D eigenvalue weighted by molar-refractivity contribution is -0.119. The monoisotopic (exact) mass is 597 g/mol. The fraction of sp³-hybridized carbons (Fsp3) is 0.484. The molecule has 0 aliphatic heterocycles. The molecule has 0 saturated heterocycles. The van der Waals surface area contributed by atoms with Crippen LogP contribution in [0.2, 0.25) is 0 Å². The molecule has 1 aromatic carbocycles. The standard InChI is InChI=1S/C25H35N7O3.C5H10O.CH2O/c1-14(29-24(33)35-8)13-28-23-27-10-9-17(30-23)21-20(31-22(32-21)25(3,4)5)16-11-18(26-6)15(2)19(12-16)34-7;1-4(2)5(3)6;1-2/h9-12,14,26H,13H2,1-8H3,(H,29,33)(H,31,32)(H,27,28,30);4H,1-3H3;1H2. The maximum atomic E-state index is 11.4. The summed E-state index contributed by atoms with van der Waals surface area (Å²) in [6.45, 7) is 18.0. The minimum Gasteiger partial charge on any atom is -0.496 e. The zero-order chi connectivity index (χ0) is 32.9. The van der Waals surface area contributed by atoms with E-state index in [2.05, 4.69) is 57.5 Å². The van der Waals surface area contributed by atoms with Crippen LogP contribution in [0.3, 0.4) is 0 Å². The first-order chi connectivity index (χ1) is 20.2. The van der Waals surface area contributed by atoms with Crippen molar-refractivity contribution in [2.75, 3.05) is 38.4 Å². The second-order valence-corrected chi connectivity index (χ2v) is 11.1. The van der Waals surface area contributed by atoms with Gasteiger partial charge in [-0.2, -0.15) is 0 Å². The van der Waals surface area contributed by atoms with Crippen LogP contribution in [0.4, 0.5) is 16.4 Å². The van der Waals surface area contributed by atoms with Gasteiger partial charge in [0.15, 0.2) is 0 Å². The van der Waals surface area contributed by atoms with Crippen molar-refractivity contribution >= 4 is 30.3 Å². The number of hydrogen-bond acceptors (Lipinski definition) is 10. The molecule has 12 nitrogen and oxygen atoms in total. The first kappa shape index (κ1) is 36.5. The summed E-state index contributed by atoms with van der Waals surface area (Å²) < 4.78 is 10.3. The molecular formula is C31H47N7O5. The van der Waals surface area contributed by atoms with E-state index in [1.807, 2.05) is 53.7 Å². The van der Waals surface area contributed by atoms with Crippen molar-refractivity contribution in [2.45, 2.75) is 66.8 Å². The molecule has 3 aromatic rings. The van der Waals surface area contributed by atoms with E-state index in [1.165, 1.54) is 7.11 Å². The van der Waals surface area contributed by atoms with Crippen LogP contribution < -0.4 is 20.7 Å². The molecule has 0 aliphatic rings. The van der Waals surface area contributed by atoms with Gasteiger partial charge in [-0.25, -0.2) is 19.7 Å². The van der Waals surface area contributed by atoms with Gasteiger partial charge in [0.05, 0.1) is 31.3 Å². The van der Waals surface area contributed by atoms with Crippen LogP contribution in [0.5, 0.6) is 5.75 Å². The summed E-state index contributed by atoms with van der Waals surface area (Å²) in [5.74, 6) is 2.53. The van der Waals surface area contributed by atoms with Gasteiger partial charge in [-0.1, -0.05) is 34.6 Å². The average molecular weight is 598 g/mol. The maximum Gasteiger partial charge on any atom is 0.407 e. The number of ether oxygens (including phenoxy) is 2. The lowest BCUT2D eigenvalue weighted by atomic mass is 9.96. The Hall–Kier alpha value is -4.48. The molecule has 1 unspecified atom stereocenters. The number of carbonyl (C=O) groups is 3. The topological polar surface area (TPSA) is 160 Å². The Morgan fingerprint density at radius 3 is 2.23 bits per heavy atom. The molecule has 0 saturated carbocycles. The fourth-order valence-corrected chi connectivity index (χ4v) is 3.56. The highest BCUT2D eigenvalue weighted by Crippen LogP contribution is 2.37. The maximum absolute atomic E-state index is 11.4. The van der Waals surface area contributed by atoms with Gasteiger partial charge < -0.3 is 35.2 Å². The Kier molecular flexibility index (Phi) is 14.3. The summed E-state index contributed by atoms with van der Waals surface area (Å²) in [5.41, 5.74) is 4.95. The number of anilines is 2. The van der Waals surface area contributed by atoms with Gasteiger partial charge in [0.1, 0.15) is 24.1 Å². The van der Waals surface area contributed by atoms with E-state index in [9.17, 15) is 9.59 Å². The summed E-state index contributed by atoms with van der Waals surface area (Å²) in [5, 5.41) is 9.12. The number of benzene rings is 1. The number of aromatic amines is 1. The molecule has 236 valence electrons. The Balaban J connectivity index is 0.00000103. The number of alkyl carbamates (subject to hydrolysis) is 1. The van der Waals surface area contributed by atoms with E-state index in [1.54, 1.807) is 20.2 Å². The second kappa shape index (κ2) is 16.8. The first-order valence-corrected chi connectivity index (χ1v) is 13.9. The molecule has 0 radical (unpaired) electrons. The van der Waals surface area contributed by atoms with Crippen molar-refractivity contribution in [1.82, 2.24) is 25.3 Å². The summed E-state index contributed by atoms with van der Waals surface area (Å²) in [6, 6.07) is 5.72. The molecule has 12 heteroatoms. The summed E-state index contributed by atoms with van der Waals surface area (Å²) in [7, 11) is 4.88.